The van der Waals surface area contributed by atoms with Gasteiger partial charge in [-0.1, -0.05) is 42.9 Å². The summed E-state index contributed by atoms with van der Waals surface area (Å²) in [5.41, 5.74) is 4.10. The molecule has 2 aromatic heterocycles. The maximum Gasteiger partial charge on any atom is 0.260 e. The van der Waals surface area contributed by atoms with Gasteiger partial charge in [0.25, 0.3) is 5.91 Å². The lowest BCUT2D eigenvalue weighted by molar-refractivity contribution is 0.0984. The summed E-state index contributed by atoms with van der Waals surface area (Å²) < 4.78 is 1.98. The Kier molecular flexibility index (Phi) is 7.65. The average Bonchev–Trinajstić information content (AvgIpc) is 3.38. The molecule has 0 aliphatic rings. The van der Waals surface area contributed by atoms with Gasteiger partial charge in [-0.05, 0) is 43.4 Å². The number of thiazole rings is 2. The zero-order valence-electron chi connectivity index (χ0n) is 16.7. The number of benzene rings is 2. The molecule has 0 N–H and O–H groups in total. The van der Waals surface area contributed by atoms with Gasteiger partial charge in [-0.3, -0.25) is 9.69 Å². The summed E-state index contributed by atoms with van der Waals surface area (Å²) in [7, 11) is 0. The number of hydrogen-bond acceptors (Lipinski definition) is 6. The van der Waals surface area contributed by atoms with Gasteiger partial charge >= 0.3 is 0 Å². The van der Waals surface area contributed by atoms with Crippen molar-refractivity contribution in [2.75, 3.05) is 31.1 Å². The van der Waals surface area contributed by atoms with E-state index in [9.17, 15) is 4.79 Å². The predicted octanol–water partition coefficient (Wildman–Crippen LogP) is 5.97. The van der Waals surface area contributed by atoms with Crippen molar-refractivity contribution in [3.8, 4) is 0 Å². The van der Waals surface area contributed by atoms with Crippen LogP contribution in [-0.2, 0) is 0 Å². The van der Waals surface area contributed by atoms with Crippen LogP contribution in [0.2, 0.25) is 5.02 Å². The van der Waals surface area contributed by atoms with Crippen molar-refractivity contribution >= 4 is 78.2 Å². The smallest absolute Gasteiger partial charge is 0.260 e. The second-order valence-corrected chi connectivity index (χ2v) is 8.90. The van der Waals surface area contributed by atoms with Crippen LogP contribution in [0.4, 0.5) is 5.13 Å². The van der Waals surface area contributed by atoms with E-state index in [1.807, 2.05) is 36.4 Å². The molecule has 0 saturated carbocycles. The molecule has 1 amide bonds. The Morgan fingerprint density at radius 1 is 1.10 bits per heavy atom. The normalized spacial score (nSPS) is 11.2. The molecule has 2 aromatic carbocycles. The van der Waals surface area contributed by atoms with Crippen molar-refractivity contribution in [3.63, 3.8) is 0 Å². The lowest BCUT2D eigenvalue weighted by Crippen LogP contribution is -2.38. The molecule has 0 fully saturated rings. The Morgan fingerprint density at radius 3 is 2.63 bits per heavy atom. The highest BCUT2D eigenvalue weighted by Crippen LogP contribution is 2.33. The molecule has 0 radical (unpaired) electrons. The Labute approximate surface area is 194 Å². The third-order valence-corrected chi connectivity index (χ3v) is 7.09. The van der Waals surface area contributed by atoms with Gasteiger partial charge in [0.2, 0.25) is 0 Å². The molecule has 0 saturated heterocycles. The number of likely N-dealkylation sites (N-methyl/N-ethyl adjacent to an activating group) is 1. The largest absolute Gasteiger partial charge is 0.302 e. The van der Waals surface area contributed by atoms with E-state index in [-0.39, 0.29) is 18.3 Å². The fourth-order valence-electron chi connectivity index (χ4n) is 3.23. The summed E-state index contributed by atoms with van der Waals surface area (Å²) >= 11 is 9.36. The highest BCUT2D eigenvalue weighted by Gasteiger charge is 2.23. The van der Waals surface area contributed by atoms with Crippen molar-refractivity contribution in [3.05, 3.63) is 52.5 Å². The molecule has 0 atom stereocenters. The number of hydrogen-bond donors (Lipinski definition) is 0. The monoisotopic (exact) mass is 480 g/mol. The van der Waals surface area contributed by atoms with Crippen LogP contribution in [0.1, 0.15) is 24.2 Å². The van der Waals surface area contributed by atoms with Crippen LogP contribution in [0.15, 0.2) is 41.9 Å². The third kappa shape index (κ3) is 4.60. The average molecular weight is 481 g/mol. The van der Waals surface area contributed by atoms with E-state index in [1.165, 1.54) is 22.7 Å². The first kappa shape index (κ1) is 22.9. The van der Waals surface area contributed by atoms with Gasteiger partial charge in [0.05, 0.1) is 25.4 Å². The number of halogens is 2. The van der Waals surface area contributed by atoms with Crippen molar-refractivity contribution in [2.45, 2.75) is 13.8 Å². The van der Waals surface area contributed by atoms with E-state index >= 15 is 0 Å². The second kappa shape index (κ2) is 10.0. The van der Waals surface area contributed by atoms with Crippen LogP contribution in [-0.4, -0.2) is 47.0 Å². The molecule has 30 heavy (non-hydrogen) atoms. The number of nitrogens with zero attached hydrogens (tertiary/aromatic N) is 4. The van der Waals surface area contributed by atoms with E-state index in [2.05, 4.69) is 23.7 Å². The van der Waals surface area contributed by atoms with Crippen molar-refractivity contribution < 1.29 is 4.79 Å². The highest BCUT2D eigenvalue weighted by atomic mass is 35.5. The number of fused-ring (bicyclic) bond motifs is 2. The first-order valence-electron chi connectivity index (χ1n) is 9.53. The number of rotatable bonds is 7. The van der Waals surface area contributed by atoms with Crippen LogP contribution < -0.4 is 4.90 Å². The molecule has 2 heterocycles. The first-order chi connectivity index (χ1) is 14.1. The van der Waals surface area contributed by atoms with Crippen LogP contribution >= 0.6 is 46.7 Å². The molecule has 0 aliphatic heterocycles. The molecule has 0 aliphatic carbocycles. The van der Waals surface area contributed by atoms with Crippen LogP contribution in [0, 0.1) is 0 Å². The van der Waals surface area contributed by atoms with E-state index in [1.54, 1.807) is 10.4 Å². The summed E-state index contributed by atoms with van der Waals surface area (Å²) in [6.45, 7) is 7.49. The zero-order valence-corrected chi connectivity index (χ0v) is 19.9. The van der Waals surface area contributed by atoms with Crippen molar-refractivity contribution in [1.29, 1.82) is 0 Å². The lowest BCUT2D eigenvalue weighted by atomic mass is 10.2. The number of amides is 1. The summed E-state index contributed by atoms with van der Waals surface area (Å²) in [5.74, 6) is -0.0531. The Bertz CT molecular complexity index is 1160. The summed E-state index contributed by atoms with van der Waals surface area (Å²) in [4.78, 5) is 26.6. The van der Waals surface area contributed by atoms with Gasteiger partial charge < -0.3 is 4.90 Å². The molecule has 0 unspecified atom stereocenters. The number of aromatic nitrogens is 2. The van der Waals surface area contributed by atoms with Gasteiger partial charge in [-0.25, -0.2) is 9.97 Å². The molecule has 0 spiro atoms. The number of carbonyl (C=O) groups excluding carboxylic acids is 1. The third-order valence-electron chi connectivity index (χ3n) is 4.95. The molecular formula is C21H22Cl2N4OS2. The predicted molar refractivity (Wildman–Crippen MR) is 131 cm³/mol. The van der Waals surface area contributed by atoms with Crippen molar-refractivity contribution in [2.24, 2.45) is 0 Å². The minimum absolute atomic E-state index is 0. The molecule has 0 bridgehead atoms. The Hall–Kier alpha value is -1.77. The Balaban J connectivity index is 0.00000256. The lowest BCUT2D eigenvalue weighted by Gasteiger charge is -2.24. The fraction of sp³-hybridized carbons (Fsp3) is 0.286. The van der Waals surface area contributed by atoms with Gasteiger partial charge in [-0.2, -0.15) is 0 Å². The van der Waals surface area contributed by atoms with Gasteiger partial charge in [0, 0.05) is 18.7 Å². The first-order valence-corrected chi connectivity index (χ1v) is 11.6. The minimum atomic E-state index is -0.0531. The fourth-order valence-corrected chi connectivity index (χ4v) is 5.23. The molecule has 4 aromatic rings. The number of anilines is 1. The van der Waals surface area contributed by atoms with Gasteiger partial charge in [0.15, 0.2) is 5.13 Å². The summed E-state index contributed by atoms with van der Waals surface area (Å²) in [6.07, 6.45) is 0. The van der Waals surface area contributed by atoms with E-state index in [0.29, 0.717) is 22.3 Å². The minimum Gasteiger partial charge on any atom is -0.302 e. The number of carbonyl (C=O) groups is 1. The zero-order chi connectivity index (χ0) is 20.4. The highest BCUT2D eigenvalue weighted by molar-refractivity contribution is 7.22. The van der Waals surface area contributed by atoms with E-state index < -0.39 is 0 Å². The summed E-state index contributed by atoms with van der Waals surface area (Å²) in [5, 5.41) is 1.28. The second-order valence-electron chi connectivity index (χ2n) is 6.60. The van der Waals surface area contributed by atoms with Crippen LogP contribution in [0.3, 0.4) is 0 Å². The standard InChI is InChI=1S/C21H21ClN4OS2.ClH/c1-3-25(4-2)10-11-26(21-24-19-15(22)6-5-7-17(19)29-21)20(27)14-8-9-16-18(12-14)28-13-23-16;/h5-9,12-13H,3-4,10-11H2,1-2H3;1H. The SMILES string of the molecule is CCN(CC)CCN(C(=O)c1ccc2ncsc2c1)c1nc2c(Cl)cccc2s1.Cl. The van der Waals surface area contributed by atoms with Crippen LogP contribution in [0.25, 0.3) is 20.4 Å². The quantitative estimate of drug-likeness (QED) is 0.326. The van der Waals surface area contributed by atoms with Crippen molar-refractivity contribution in [1.82, 2.24) is 14.9 Å². The molecular weight excluding hydrogens is 459 g/mol. The van der Waals surface area contributed by atoms with E-state index in [4.69, 9.17) is 16.6 Å². The maximum atomic E-state index is 13.5. The molecule has 9 heteroatoms. The summed E-state index contributed by atoms with van der Waals surface area (Å²) in [6, 6.07) is 11.4. The van der Waals surface area contributed by atoms with Gasteiger partial charge in [-0.15, -0.1) is 23.7 Å². The van der Waals surface area contributed by atoms with E-state index in [0.717, 1.165) is 40.1 Å². The maximum absolute atomic E-state index is 13.5. The van der Waals surface area contributed by atoms with Gasteiger partial charge in [0.1, 0.15) is 5.52 Å². The Morgan fingerprint density at radius 2 is 1.90 bits per heavy atom. The van der Waals surface area contributed by atoms with Crippen LogP contribution in [0.5, 0.6) is 0 Å². The topological polar surface area (TPSA) is 49.3 Å². The molecule has 158 valence electrons. The molecule has 4 rings (SSSR count). The molecule has 5 nitrogen and oxygen atoms in total. The number of para-hydroxylation sites is 1.